The number of benzene rings is 3. The molecule has 3 aromatic carbocycles. The Morgan fingerprint density at radius 3 is 2.50 bits per heavy atom. The van der Waals surface area contributed by atoms with Crippen LogP contribution in [0.3, 0.4) is 0 Å². The molecule has 0 saturated carbocycles. The molecule has 2 heteroatoms. The maximum Gasteiger partial charge on any atom is 0.0495 e. The van der Waals surface area contributed by atoms with Crippen molar-refractivity contribution >= 4 is 55.2 Å². The van der Waals surface area contributed by atoms with Gasteiger partial charge in [-0.1, -0.05) is 30.3 Å². The quantitative estimate of drug-likeness (QED) is 0.365. The lowest BCUT2D eigenvalue weighted by molar-refractivity contribution is 1.02. The SMILES string of the molecule is Cc1ccc2cc3c(cc2c1I)c1ccccc1n3C. The number of aryl methyl sites for hydroxylation is 2. The highest BCUT2D eigenvalue weighted by molar-refractivity contribution is 14.1. The zero-order chi connectivity index (χ0) is 13.9. The van der Waals surface area contributed by atoms with Crippen molar-refractivity contribution in [2.75, 3.05) is 0 Å². The highest BCUT2D eigenvalue weighted by Gasteiger charge is 2.10. The van der Waals surface area contributed by atoms with Crippen molar-refractivity contribution in [3.63, 3.8) is 0 Å². The third-order valence-corrected chi connectivity index (χ3v) is 5.61. The second-order valence-corrected chi connectivity index (χ2v) is 6.44. The molecule has 1 nitrogen and oxygen atoms in total. The first-order chi connectivity index (χ1) is 9.66. The first-order valence-corrected chi connectivity index (χ1v) is 7.80. The number of hydrogen-bond acceptors (Lipinski definition) is 0. The summed E-state index contributed by atoms with van der Waals surface area (Å²) in [5, 5.41) is 5.36. The van der Waals surface area contributed by atoms with E-state index >= 15 is 0 Å². The van der Waals surface area contributed by atoms with Gasteiger partial charge in [-0.2, -0.15) is 0 Å². The molecule has 0 saturated heterocycles. The molecule has 0 fully saturated rings. The predicted molar refractivity (Wildman–Crippen MR) is 95.4 cm³/mol. The standard InChI is InChI=1S/C18H14IN/c1-11-7-8-12-9-17-15(10-14(12)18(11)19)13-5-3-4-6-16(13)20(17)2/h3-10H,1-2H3. The summed E-state index contributed by atoms with van der Waals surface area (Å²) >= 11 is 2.46. The Hall–Kier alpha value is -1.55. The Kier molecular flexibility index (Phi) is 2.58. The van der Waals surface area contributed by atoms with Crippen LogP contribution < -0.4 is 0 Å². The van der Waals surface area contributed by atoms with Crippen molar-refractivity contribution in [3.8, 4) is 0 Å². The molecule has 0 aliphatic rings. The molecule has 0 aliphatic carbocycles. The topological polar surface area (TPSA) is 4.93 Å². The monoisotopic (exact) mass is 371 g/mol. The molecule has 20 heavy (non-hydrogen) atoms. The molecule has 4 aromatic rings. The zero-order valence-corrected chi connectivity index (χ0v) is 13.6. The molecule has 1 heterocycles. The van der Waals surface area contributed by atoms with Crippen LogP contribution in [-0.4, -0.2) is 4.57 Å². The lowest BCUT2D eigenvalue weighted by Crippen LogP contribution is -1.87. The molecular formula is C18H14IN. The van der Waals surface area contributed by atoms with Crippen molar-refractivity contribution in [2.45, 2.75) is 6.92 Å². The van der Waals surface area contributed by atoms with Crippen LogP contribution in [0.5, 0.6) is 0 Å². The summed E-state index contributed by atoms with van der Waals surface area (Å²) < 4.78 is 3.64. The smallest absolute Gasteiger partial charge is 0.0495 e. The lowest BCUT2D eigenvalue weighted by atomic mass is 10.0. The van der Waals surface area contributed by atoms with Crippen LogP contribution in [0, 0.1) is 10.5 Å². The van der Waals surface area contributed by atoms with Crippen LogP contribution in [-0.2, 0) is 7.05 Å². The van der Waals surface area contributed by atoms with E-state index in [1.807, 2.05) is 0 Å². The van der Waals surface area contributed by atoms with Crippen LogP contribution in [0.2, 0.25) is 0 Å². The van der Waals surface area contributed by atoms with Crippen molar-refractivity contribution < 1.29 is 0 Å². The minimum Gasteiger partial charge on any atom is -0.344 e. The average Bonchev–Trinajstić information content (AvgIpc) is 2.75. The normalized spacial score (nSPS) is 11.8. The van der Waals surface area contributed by atoms with E-state index < -0.39 is 0 Å². The number of para-hydroxylation sites is 1. The Bertz CT molecular complexity index is 979. The first-order valence-electron chi connectivity index (χ1n) is 6.73. The summed E-state index contributed by atoms with van der Waals surface area (Å²) in [5.74, 6) is 0. The number of hydrogen-bond donors (Lipinski definition) is 0. The fraction of sp³-hybridized carbons (Fsp3) is 0.111. The Morgan fingerprint density at radius 1 is 0.850 bits per heavy atom. The molecule has 4 rings (SSSR count). The van der Waals surface area contributed by atoms with Crippen LogP contribution in [0.15, 0.2) is 48.5 Å². The van der Waals surface area contributed by atoms with E-state index in [1.54, 1.807) is 0 Å². The van der Waals surface area contributed by atoms with Gasteiger partial charge in [0.15, 0.2) is 0 Å². The lowest BCUT2D eigenvalue weighted by Gasteiger charge is -2.06. The van der Waals surface area contributed by atoms with Gasteiger partial charge in [-0.05, 0) is 64.0 Å². The van der Waals surface area contributed by atoms with E-state index in [9.17, 15) is 0 Å². The van der Waals surface area contributed by atoms with Crippen molar-refractivity contribution in [3.05, 3.63) is 57.7 Å². The molecule has 0 bridgehead atoms. The highest BCUT2D eigenvalue weighted by Crippen LogP contribution is 2.33. The summed E-state index contributed by atoms with van der Waals surface area (Å²) in [6.07, 6.45) is 0. The number of nitrogens with zero attached hydrogens (tertiary/aromatic N) is 1. The Labute approximate surface area is 131 Å². The number of aromatic nitrogens is 1. The predicted octanol–water partition coefficient (Wildman–Crippen LogP) is 5.40. The van der Waals surface area contributed by atoms with E-state index in [-0.39, 0.29) is 0 Å². The fourth-order valence-corrected chi connectivity index (χ4v) is 3.70. The molecule has 0 radical (unpaired) electrons. The van der Waals surface area contributed by atoms with Gasteiger partial charge in [0.2, 0.25) is 0 Å². The second-order valence-electron chi connectivity index (χ2n) is 5.36. The molecule has 1 aromatic heterocycles. The molecule has 0 atom stereocenters. The summed E-state index contributed by atoms with van der Waals surface area (Å²) in [6, 6.07) is 17.7. The maximum atomic E-state index is 2.46. The van der Waals surface area contributed by atoms with Crippen LogP contribution in [0.4, 0.5) is 0 Å². The largest absolute Gasteiger partial charge is 0.344 e. The van der Waals surface area contributed by atoms with E-state index in [4.69, 9.17) is 0 Å². The zero-order valence-electron chi connectivity index (χ0n) is 11.4. The van der Waals surface area contributed by atoms with E-state index in [0.717, 1.165) is 0 Å². The summed E-state index contributed by atoms with van der Waals surface area (Å²) in [7, 11) is 2.15. The summed E-state index contributed by atoms with van der Waals surface area (Å²) in [5.41, 5.74) is 3.94. The van der Waals surface area contributed by atoms with E-state index in [2.05, 4.69) is 89.7 Å². The molecule has 0 spiro atoms. The van der Waals surface area contributed by atoms with Crippen LogP contribution >= 0.6 is 22.6 Å². The number of rotatable bonds is 0. The maximum absolute atomic E-state index is 2.46. The minimum absolute atomic E-state index is 1.30. The summed E-state index contributed by atoms with van der Waals surface area (Å²) in [4.78, 5) is 0. The minimum atomic E-state index is 1.30. The van der Waals surface area contributed by atoms with Crippen molar-refractivity contribution in [1.29, 1.82) is 0 Å². The van der Waals surface area contributed by atoms with E-state index in [1.165, 1.54) is 41.7 Å². The molecule has 98 valence electrons. The average molecular weight is 371 g/mol. The van der Waals surface area contributed by atoms with Gasteiger partial charge in [-0.25, -0.2) is 0 Å². The first kappa shape index (κ1) is 12.2. The number of fused-ring (bicyclic) bond motifs is 4. The van der Waals surface area contributed by atoms with Gasteiger partial charge in [-0.3, -0.25) is 0 Å². The van der Waals surface area contributed by atoms with Gasteiger partial charge in [0.25, 0.3) is 0 Å². The van der Waals surface area contributed by atoms with Gasteiger partial charge < -0.3 is 4.57 Å². The number of halogens is 1. The molecule has 0 N–H and O–H groups in total. The van der Waals surface area contributed by atoms with E-state index in [0.29, 0.717) is 0 Å². The molecule has 0 aliphatic heterocycles. The van der Waals surface area contributed by atoms with Gasteiger partial charge in [0.05, 0.1) is 0 Å². The van der Waals surface area contributed by atoms with Gasteiger partial charge in [0.1, 0.15) is 0 Å². The second kappa shape index (κ2) is 4.22. The summed E-state index contributed by atoms with van der Waals surface area (Å²) in [6.45, 7) is 2.18. The third-order valence-electron chi connectivity index (χ3n) is 4.18. The Balaban J connectivity index is 2.29. The fourth-order valence-electron chi connectivity index (χ4n) is 3.05. The third kappa shape index (κ3) is 1.54. The van der Waals surface area contributed by atoms with Crippen molar-refractivity contribution in [1.82, 2.24) is 4.57 Å². The molecular weight excluding hydrogens is 357 g/mol. The van der Waals surface area contributed by atoms with Crippen molar-refractivity contribution in [2.24, 2.45) is 7.05 Å². The highest BCUT2D eigenvalue weighted by atomic mass is 127. The molecule has 0 unspecified atom stereocenters. The van der Waals surface area contributed by atoms with Crippen LogP contribution in [0.25, 0.3) is 32.6 Å². The van der Waals surface area contributed by atoms with Gasteiger partial charge >= 0.3 is 0 Å². The Morgan fingerprint density at radius 2 is 1.65 bits per heavy atom. The van der Waals surface area contributed by atoms with Gasteiger partial charge in [-0.15, -0.1) is 0 Å². The molecule has 0 amide bonds. The van der Waals surface area contributed by atoms with Gasteiger partial charge in [0, 0.05) is 32.4 Å². The van der Waals surface area contributed by atoms with Crippen LogP contribution in [0.1, 0.15) is 5.56 Å².